The van der Waals surface area contributed by atoms with E-state index in [0.29, 0.717) is 19.6 Å². The number of carbonyl (C=O) groups excluding carboxylic acids is 2. The number of aromatic nitrogens is 1. The Labute approximate surface area is 139 Å². The maximum absolute atomic E-state index is 12.6. The van der Waals surface area contributed by atoms with Crippen LogP contribution in [0.5, 0.6) is 5.75 Å². The maximum Gasteiger partial charge on any atom is 0.410 e. The number of methoxy groups -OCH3 is 1. The standard InChI is InChI=1S/C16H21N3O5/c1-17-10-16(24-15(17)22)6-4-8-19(11-16)13(20)9-18-7-3-5-12(23-2)14(18)21/h3,5,7H,4,6,8-11H2,1-2H3/t16-/m1/s1. The molecule has 0 aromatic carbocycles. The predicted octanol–water partition coefficient (Wildman–Crippen LogP) is 0.300. The van der Waals surface area contributed by atoms with Crippen LogP contribution in [0.1, 0.15) is 12.8 Å². The molecule has 1 aromatic heterocycles. The van der Waals surface area contributed by atoms with Crippen LogP contribution in [0.3, 0.4) is 0 Å². The molecule has 24 heavy (non-hydrogen) atoms. The number of carbonyl (C=O) groups is 2. The minimum atomic E-state index is -0.626. The third-order valence-electron chi connectivity index (χ3n) is 4.54. The zero-order valence-electron chi connectivity index (χ0n) is 13.9. The average molecular weight is 335 g/mol. The first-order chi connectivity index (χ1) is 11.4. The summed E-state index contributed by atoms with van der Waals surface area (Å²) in [7, 11) is 3.11. The summed E-state index contributed by atoms with van der Waals surface area (Å²) in [5.41, 5.74) is -0.967. The molecule has 1 aromatic rings. The Hall–Kier alpha value is -2.51. The van der Waals surface area contributed by atoms with Crippen LogP contribution >= 0.6 is 0 Å². The van der Waals surface area contributed by atoms with Gasteiger partial charge in [0.2, 0.25) is 5.91 Å². The number of nitrogens with zero attached hydrogens (tertiary/aromatic N) is 3. The molecule has 0 saturated carbocycles. The van der Waals surface area contributed by atoms with Crippen molar-refractivity contribution in [3.8, 4) is 5.75 Å². The van der Waals surface area contributed by atoms with Gasteiger partial charge in [0.05, 0.1) is 20.2 Å². The van der Waals surface area contributed by atoms with E-state index in [2.05, 4.69) is 0 Å². The van der Waals surface area contributed by atoms with Crippen LogP contribution in [0.15, 0.2) is 23.1 Å². The number of rotatable bonds is 3. The van der Waals surface area contributed by atoms with Crippen LogP contribution in [0.2, 0.25) is 0 Å². The second kappa shape index (κ2) is 6.18. The van der Waals surface area contributed by atoms with Gasteiger partial charge in [0, 0.05) is 19.8 Å². The van der Waals surface area contributed by atoms with E-state index in [0.717, 1.165) is 12.8 Å². The number of hydrogen-bond donors (Lipinski definition) is 0. The maximum atomic E-state index is 12.6. The van der Waals surface area contributed by atoms with Crippen molar-refractivity contribution in [1.29, 1.82) is 0 Å². The number of amides is 2. The molecule has 1 atom stereocenters. The summed E-state index contributed by atoms with van der Waals surface area (Å²) in [6, 6.07) is 3.23. The summed E-state index contributed by atoms with van der Waals surface area (Å²) in [4.78, 5) is 39.6. The van der Waals surface area contributed by atoms with E-state index in [1.807, 2.05) is 0 Å². The van der Waals surface area contributed by atoms with Crippen LogP contribution in [-0.2, 0) is 16.1 Å². The van der Waals surface area contributed by atoms with Gasteiger partial charge in [0.15, 0.2) is 5.75 Å². The highest BCUT2D eigenvalue weighted by molar-refractivity contribution is 5.77. The SMILES string of the molecule is COc1cccn(CC(=O)N2CCC[C@@]3(CN(C)C(=O)O3)C2)c1=O. The van der Waals surface area contributed by atoms with Gasteiger partial charge in [0.25, 0.3) is 5.56 Å². The first-order valence-corrected chi connectivity index (χ1v) is 7.89. The fourth-order valence-corrected chi connectivity index (χ4v) is 3.36. The van der Waals surface area contributed by atoms with E-state index < -0.39 is 5.60 Å². The molecule has 2 aliphatic rings. The predicted molar refractivity (Wildman–Crippen MR) is 84.9 cm³/mol. The van der Waals surface area contributed by atoms with Crippen molar-refractivity contribution in [2.45, 2.75) is 25.0 Å². The molecule has 0 radical (unpaired) electrons. The number of piperidine rings is 1. The van der Waals surface area contributed by atoms with Crippen molar-refractivity contribution in [2.75, 3.05) is 33.8 Å². The fourth-order valence-electron chi connectivity index (χ4n) is 3.36. The molecule has 2 saturated heterocycles. The van der Waals surface area contributed by atoms with Crippen molar-refractivity contribution in [3.05, 3.63) is 28.7 Å². The Balaban J connectivity index is 1.72. The quantitative estimate of drug-likeness (QED) is 0.794. The lowest BCUT2D eigenvalue weighted by molar-refractivity contribution is -0.137. The van der Waals surface area contributed by atoms with E-state index in [9.17, 15) is 14.4 Å². The van der Waals surface area contributed by atoms with E-state index in [4.69, 9.17) is 9.47 Å². The molecule has 2 amide bonds. The molecular formula is C16H21N3O5. The van der Waals surface area contributed by atoms with Crippen LogP contribution in [0.25, 0.3) is 0 Å². The lowest BCUT2D eigenvalue weighted by Crippen LogP contribution is -2.53. The van der Waals surface area contributed by atoms with Gasteiger partial charge in [-0.2, -0.15) is 0 Å². The van der Waals surface area contributed by atoms with E-state index in [-0.39, 0.29) is 29.9 Å². The second-order valence-electron chi connectivity index (χ2n) is 6.34. The van der Waals surface area contributed by atoms with Crippen LogP contribution < -0.4 is 10.3 Å². The van der Waals surface area contributed by atoms with Crippen LogP contribution in [-0.4, -0.2) is 65.8 Å². The fraction of sp³-hybridized carbons (Fsp3) is 0.562. The smallest absolute Gasteiger partial charge is 0.410 e. The van der Waals surface area contributed by atoms with E-state index in [1.165, 1.54) is 16.6 Å². The molecule has 0 aliphatic carbocycles. The van der Waals surface area contributed by atoms with Gasteiger partial charge in [-0.25, -0.2) is 4.79 Å². The van der Waals surface area contributed by atoms with Crippen LogP contribution in [0.4, 0.5) is 4.79 Å². The number of likely N-dealkylation sites (N-methyl/N-ethyl adjacent to an activating group) is 1. The Kier molecular flexibility index (Phi) is 4.21. The minimum Gasteiger partial charge on any atom is -0.491 e. The van der Waals surface area contributed by atoms with Gasteiger partial charge in [0.1, 0.15) is 12.1 Å². The summed E-state index contributed by atoms with van der Waals surface area (Å²) in [6.45, 7) is 1.38. The molecule has 3 rings (SSSR count). The Morgan fingerprint density at radius 3 is 2.83 bits per heavy atom. The highest BCUT2D eigenvalue weighted by Crippen LogP contribution is 2.31. The van der Waals surface area contributed by atoms with Crippen molar-refractivity contribution >= 4 is 12.0 Å². The molecule has 2 fully saturated rings. The van der Waals surface area contributed by atoms with Gasteiger partial charge >= 0.3 is 6.09 Å². The Morgan fingerprint density at radius 1 is 1.38 bits per heavy atom. The Bertz CT molecular complexity index is 716. The molecule has 1 spiro atoms. The number of pyridine rings is 1. The highest BCUT2D eigenvalue weighted by atomic mass is 16.6. The zero-order valence-corrected chi connectivity index (χ0v) is 13.9. The second-order valence-corrected chi connectivity index (χ2v) is 6.34. The lowest BCUT2D eigenvalue weighted by atomic mass is 9.92. The van der Waals surface area contributed by atoms with Gasteiger partial charge in [-0.3, -0.25) is 9.59 Å². The van der Waals surface area contributed by atoms with E-state index >= 15 is 0 Å². The van der Waals surface area contributed by atoms with Gasteiger partial charge in [-0.1, -0.05) is 0 Å². The molecule has 2 aliphatic heterocycles. The lowest BCUT2D eigenvalue weighted by Gasteiger charge is -2.38. The van der Waals surface area contributed by atoms with Gasteiger partial charge < -0.3 is 23.8 Å². The first kappa shape index (κ1) is 16.4. The van der Waals surface area contributed by atoms with Crippen molar-refractivity contribution in [1.82, 2.24) is 14.4 Å². The van der Waals surface area contributed by atoms with Crippen molar-refractivity contribution < 1.29 is 19.1 Å². The minimum absolute atomic E-state index is 0.0596. The van der Waals surface area contributed by atoms with E-state index in [1.54, 1.807) is 30.3 Å². The zero-order chi connectivity index (χ0) is 17.3. The summed E-state index contributed by atoms with van der Waals surface area (Å²) < 4.78 is 11.8. The summed E-state index contributed by atoms with van der Waals surface area (Å²) in [6.07, 6.45) is 2.71. The highest BCUT2D eigenvalue weighted by Gasteiger charge is 2.47. The molecule has 0 unspecified atom stereocenters. The summed E-state index contributed by atoms with van der Waals surface area (Å²) in [5, 5.41) is 0. The molecule has 0 bridgehead atoms. The third-order valence-corrected chi connectivity index (χ3v) is 4.54. The van der Waals surface area contributed by atoms with Crippen molar-refractivity contribution in [3.63, 3.8) is 0 Å². The molecular weight excluding hydrogens is 314 g/mol. The van der Waals surface area contributed by atoms with Gasteiger partial charge in [-0.05, 0) is 25.0 Å². The average Bonchev–Trinajstić information content (AvgIpc) is 2.82. The summed E-state index contributed by atoms with van der Waals surface area (Å²) in [5.74, 6) is 0.0294. The van der Waals surface area contributed by atoms with Gasteiger partial charge in [-0.15, -0.1) is 0 Å². The first-order valence-electron chi connectivity index (χ1n) is 7.89. The topological polar surface area (TPSA) is 81.1 Å². The Morgan fingerprint density at radius 2 is 2.17 bits per heavy atom. The van der Waals surface area contributed by atoms with Crippen LogP contribution in [0, 0.1) is 0 Å². The normalized spacial score (nSPS) is 23.5. The number of likely N-dealkylation sites (tertiary alicyclic amines) is 1. The molecule has 8 heteroatoms. The number of ether oxygens (including phenoxy) is 2. The number of hydrogen-bond acceptors (Lipinski definition) is 5. The molecule has 3 heterocycles. The largest absolute Gasteiger partial charge is 0.491 e. The van der Waals surface area contributed by atoms with Crippen molar-refractivity contribution in [2.24, 2.45) is 0 Å². The molecule has 8 nitrogen and oxygen atoms in total. The molecule has 0 N–H and O–H groups in total. The third kappa shape index (κ3) is 2.95. The monoisotopic (exact) mass is 335 g/mol. The summed E-state index contributed by atoms with van der Waals surface area (Å²) >= 11 is 0. The molecule has 130 valence electrons.